The fraction of sp³-hybridized carbons (Fsp3) is 0.484. The molecule has 2 aliphatic rings. The van der Waals surface area contributed by atoms with Crippen LogP contribution in [0.2, 0.25) is 0 Å². The third kappa shape index (κ3) is 4.86. The number of aromatic nitrogens is 2. The van der Waals surface area contributed by atoms with Gasteiger partial charge in [-0.25, -0.2) is 4.98 Å². The van der Waals surface area contributed by atoms with Gasteiger partial charge in [-0.1, -0.05) is 58.0 Å². The number of hydrogen-bond acceptors (Lipinski definition) is 4. The van der Waals surface area contributed by atoms with Gasteiger partial charge in [-0.05, 0) is 65.8 Å². The van der Waals surface area contributed by atoms with Gasteiger partial charge in [0.15, 0.2) is 5.78 Å². The quantitative estimate of drug-likeness (QED) is 0.483. The lowest BCUT2D eigenvalue weighted by Gasteiger charge is -2.45. The maximum absolute atomic E-state index is 14.4. The van der Waals surface area contributed by atoms with Crippen molar-refractivity contribution in [2.45, 2.75) is 71.5 Å². The highest BCUT2D eigenvalue weighted by molar-refractivity contribution is 6.01. The van der Waals surface area contributed by atoms with Crippen LogP contribution < -0.4 is 5.32 Å². The molecule has 7 nitrogen and oxygen atoms in total. The van der Waals surface area contributed by atoms with Crippen LogP contribution >= 0.6 is 0 Å². The molecular formula is C31H38N4O3. The van der Waals surface area contributed by atoms with E-state index in [9.17, 15) is 14.4 Å². The summed E-state index contributed by atoms with van der Waals surface area (Å²) in [6.45, 7) is 8.10. The van der Waals surface area contributed by atoms with E-state index in [1.807, 2.05) is 69.6 Å². The van der Waals surface area contributed by atoms with Crippen molar-refractivity contribution < 1.29 is 14.4 Å². The highest BCUT2D eigenvalue weighted by Gasteiger charge is 2.49. The van der Waals surface area contributed by atoms with Crippen LogP contribution in [0.3, 0.4) is 0 Å². The summed E-state index contributed by atoms with van der Waals surface area (Å²) in [6.07, 6.45) is 4.03. The molecule has 38 heavy (non-hydrogen) atoms. The first kappa shape index (κ1) is 26.1. The van der Waals surface area contributed by atoms with Crippen molar-refractivity contribution in [3.8, 4) is 0 Å². The summed E-state index contributed by atoms with van der Waals surface area (Å²) < 4.78 is 1.93. The molecule has 0 bridgehead atoms. The first-order valence-corrected chi connectivity index (χ1v) is 13.8. The molecule has 1 aliphatic carbocycles. The molecule has 3 atom stereocenters. The molecule has 0 saturated carbocycles. The highest BCUT2D eigenvalue weighted by Crippen LogP contribution is 2.36. The Kier molecular flexibility index (Phi) is 7.12. The first-order valence-electron chi connectivity index (χ1n) is 13.8. The van der Waals surface area contributed by atoms with Crippen molar-refractivity contribution in [2.75, 3.05) is 0 Å². The van der Waals surface area contributed by atoms with E-state index in [0.717, 1.165) is 23.9 Å². The number of Topliss-reactive ketones (excluding diaryl/α,β-unsaturated/α-hetero) is 1. The van der Waals surface area contributed by atoms with E-state index < -0.39 is 18.1 Å². The van der Waals surface area contributed by atoms with Gasteiger partial charge in [-0.3, -0.25) is 14.4 Å². The third-order valence-corrected chi connectivity index (χ3v) is 7.96. The maximum atomic E-state index is 14.4. The molecule has 0 spiro atoms. The number of hydrogen-bond donors (Lipinski definition) is 1. The maximum Gasteiger partial charge on any atom is 0.247 e. The Balaban J connectivity index is 1.58. The lowest BCUT2D eigenvalue weighted by molar-refractivity contribution is -0.157. The van der Waals surface area contributed by atoms with Crippen LogP contribution in [0.5, 0.6) is 0 Å². The van der Waals surface area contributed by atoms with Gasteiger partial charge in [0.2, 0.25) is 11.8 Å². The van der Waals surface area contributed by atoms with Gasteiger partial charge in [0.05, 0.1) is 17.4 Å². The molecule has 7 heteroatoms. The average Bonchev–Trinajstić information content (AvgIpc) is 3.45. The topological polar surface area (TPSA) is 84.3 Å². The van der Waals surface area contributed by atoms with E-state index in [2.05, 4.69) is 22.4 Å². The number of aryl methyl sites for hydroxylation is 1. The number of imidazole rings is 1. The van der Waals surface area contributed by atoms with E-state index in [0.29, 0.717) is 18.4 Å². The number of carbonyl (C=O) groups is 3. The molecule has 2 amide bonds. The van der Waals surface area contributed by atoms with Crippen molar-refractivity contribution in [2.24, 2.45) is 24.8 Å². The smallest absolute Gasteiger partial charge is 0.247 e. The number of rotatable bonds is 8. The minimum atomic E-state index is -0.836. The fourth-order valence-electron chi connectivity index (χ4n) is 6.21. The number of benzene rings is 2. The van der Waals surface area contributed by atoms with Gasteiger partial charge < -0.3 is 14.8 Å². The molecule has 3 aromatic rings. The van der Waals surface area contributed by atoms with E-state index >= 15 is 0 Å². The summed E-state index contributed by atoms with van der Waals surface area (Å²) in [5.41, 5.74) is 4.88. The number of amides is 2. The molecule has 1 aliphatic heterocycles. The number of fused-ring (bicyclic) bond motifs is 2. The van der Waals surface area contributed by atoms with E-state index in [4.69, 9.17) is 0 Å². The normalized spacial score (nSPS) is 20.9. The van der Waals surface area contributed by atoms with Crippen LogP contribution in [-0.2, 0) is 34.3 Å². The Bertz CT molecular complexity index is 1350. The van der Waals surface area contributed by atoms with Gasteiger partial charge in [0, 0.05) is 13.5 Å². The molecule has 1 saturated heterocycles. The standard InChI is InChI=1S/C31H38N4O3/c1-18(2)12-26-30(37)33-28(23-14-20-8-6-7-9-21(20)15-23)31(38)35(26)29(27(36)13-19(3)4)22-10-11-25-24(16-22)32-17-34(25)5/h6-11,16-19,23,26,28-29H,12-15H2,1-5H3,(H,33,37)/t26-,28-,29-/m1/s1. The Morgan fingerprint density at radius 1 is 1.03 bits per heavy atom. The number of piperazine rings is 1. The van der Waals surface area contributed by atoms with Crippen molar-refractivity contribution in [1.29, 1.82) is 0 Å². The second kappa shape index (κ2) is 10.4. The van der Waals surface area contributed by atoms with Gasteiger partial charge in [-0.15, -0.1) is 0 Å². The Morgan fingerprint density at radius 2 is 1.71 bits per heavy atom. The summed E-state index contributed by atoms with van der Waals surface area (Å²) >= 11 is 0. The predicted molar refractivity (Wildman–Crippen MR) is 147 cm³/mol. The monoisotopic (exact) mass is 514 g/mol. The second-order valence-electron chi connectivity index (χ2n) is 11.9. The Hall–Kier alpha value is -3.48. The molecule has 0 unspecified atom stereocenters. The fourth-order valence-corrected chi connectivity index (χ4v) is 6.21. The number of ketones is 1. The minimum Gasteiger partial charge on any atom is -0.342 e. The van der Waals surface area contributed by atoms with Gasteiger partial charge >= 0.3 is 0 Å². The molecule has 200 valence electrons. The molecule has 1 aromatic heterocycles. The largest absolute Gasteiger partial charge is 0.342 e. The third-order valence-electron chi connectivity index (χ3n) is 7.96. The molecule has 2 aromatic carbocycles. The summed E-state index contributed by atoms with van der Waals surface area (Å²) in [7, 11) is 1.93. The summed E-state index contributed by atoms with van der Waals surface area (Å²) in [4.78, 5) is 48.2. The predicted octanol–water partition coefficient (Wildman–Crippen LogP) is 4.39. The lowest BCUT2D eigenvalue weighted by Crippen LogP contribution is -2.66. The van der Waals surface area contributed by atoms with Crippen LogP contribution in [0.1, 0.15) is 63.3 Å². The van der Waals surface area contributed by atoms with Crippen LogP contribution in [0.15, 0.2) is 48.8 Å². The summed E-state index contributed by atoms with van der Waals surface area (Å²) in [5.74, 6) is -0.101. The SMILES string of the molecule is CC(C)CC(=O)[C@@H](c1ccc2c(c1)ncn2C)N1C(=O)[C@@H](C2Cc3ccccc3C2)NC(=O)[C@H]1CC(C)C. The zero-order chi connectivity index (χ0) is 27.1. The first-order chi connectivity index (χ1) is 18.1. The minimum absolute atomic E-state index is 0.0366. The Morgan fingerprint density at radius 3 is 2.34 bits per heavy atom. The van der Waals surface area contributed by atoms with Crippen molar-refractivity contribution in [3.63, 3.8) is 0 Å². The molecule has 5 rings (SSSR count). The van der Waals surface area contributed by atoms with E-state index in [1.165, 1.54) is 11.1 Å². The van der Waals surface area contributed by atoms with Gasteiger partial charge in [-0.2, -0.15) is 0 Å². The molecule has 1 N–H and O–H groups in total. The highest BCUT2D eigenvalue weighted by atomic mass is 16.2. The number of nitrogens with zero attached hydrogens (tertiary/aromatic N) is 3. The molecular weight excluding hydrogens is 476 g/mol. The number of carbonyl (C=O) groups excluding carboxylic acids is 3. The summed E-state index contributed by atoms with van der Waals surface area (Å²) in [6, 6.07) is 11.8. The van der Waals surface area contributed by atoms with E-state index in [-0.39, 0.29) is 35.4 Å². The van der Waals surface area contributed by atoms with Gasteiger partial charge in [0.25, 0.3) is 0 Å². The molecule has 0 radical (unpaired) electrons. The Labute approximate surface area is 224 Å². The van der Waals surface area contributed by atoms with Crippen molar-refractivity contribution in [3.05, 3.63) is 65.5 Å². The van der Waals surface area contributed by atoms with Crippen molar-refractivity contribution in [1.82, 2.24) is 19.8 Å². The molecule has 1 fully saturated rings. The van der Waals surface area contributed by atoms with Crippen LogP contribution in [0, 0.1) is 17.8 Å². The van der Waals surface area contributed by atoms with Crippen LogP contribution in [0.25, 0.3) is 11.0 Å². The van der Waals surface area contributed by atoms with Gasteiger partial charge in [0.1, 0.15) is 18.1 Å². The second-order valence-corrected chi connectivity index (χ2v) is 11.9. The average molecular weight is 515 g/mol. The zero-order valence-corrected chi connectivity index (χ0v) is 23.0. The van der Waals surface area contributed by atoms with Crippen molar-refractivity contribution >= 4 is 28.6 Å². The van der Waals surface area contributed by atoms with Crippen LogP contribution in [0.4, 0.5) is 0 Å². The summed E-state index contributed by atoms with van der Waals surface area (Å²) in [5, 5.41) is 3.09. The zero-order valence-electron chi connectivity index (χ0n) is 23.0. The lowest BCUT2D eigenvalue weighted by atomic mass is 9.86. The number of nitrogens with one attached hydrogen (secondary N) is 1. The van der Waals surface area contributed by atoms with E-state index in [1.54, 1.807) is 11.2 Å². The molecule has 2 heterocycles. The van der Waals surface area contributed by atoms with Crippen LogP contribution in [-0.4, -0.2) is 44.1 Å².